The van der Waals surface area contributed by atoms with Gasteiger partial charge in [0.15, 0.2) is 0 Å². The van der Waals surface area contributed by atoms with E-state index in [0.717, 1.165) is 0 Å². The van der Waals surface area contributed by atoms with Crippen LogP contribution in [0.4, 0.5) is 5.69 Å². The fraction of sp³-hybridized carbons (Fsp3) is 0.500. The highest BCUT2D eigenvalue weighted by Crippen LogP contribution is 2.32. The van der Waals surface area contributed by atoms with Crippen molar-refractivity contribution in [1.82, 2.24) is 0 Å². The molecule has 0 unspecified atom stereocenters. The molecule has 5 heteroatoms. The smallest absolute Gasteiger partial charge is 0.272 e. The maximum absolute atomic E-state index is 10.8. The molecular weight excluding hydrogens is 220 g/mol. The standard InChI is InChI=1S/C12H18N2O3/c1-8-4-5-9(6-10(8)14(16)17)11(13)12(2,3)7-15/h4-6,11,15H,7,13H2,1-3H3/t11-/m1/s1. The van der Waals surface area contributed by atoms with Crippen molar-refractivity contribution >= 4 is 5.69 Å². The van der Waals surface area contributed by atoms with E-state index in [4.69, 9.17) is 5.73 Å². The van der Waals surface area contributed by atoms with Crippen LogP contribution >= 0.6 is 0 Å². The Hall–Kier alpha value is -1.46. The third-order valence-corrected chi connectivity index (χ3v) is 3.04. The first-order chi connectivity index (χ1) is 7.79. The van der Waals surface area contributed by atoms with Crippen LogP contribution in [0.2, 0.25) is 0 Å². The van der Waals surface area contributed by atoms with Gasteiger partial charge in [0.05, 0.1) is 4.92 Å². The highest BCUT2D eigenvalue weighted by atomic mass is 16.6. The molecule has 94 valence electrons. The van der Waals surface area contributed by atoms with Crippen molar-refractivity contribution in [1.29, 1.82) is 0 Å². The molecule has 5 nitrogen and oxygen atoms in total. The summed E-state index contributed by atoms with van der Waals surface area (Å²) in [7, 11) is 0. The van der Waals surface area contributed by atoms with Gasteiger partial charge in [0.2, 0.25) is 0 Å². The minimum absolute atomic E-state index is 0.0617. The lowest BCUT2D eigenvalue weighted by Gasteiger charge is -2.29. The number of rotatable bonds is 4. The van der Waals surface area contributed by atoms with E-state index in [1.165, 1.54) is 6.07 Å². The van der Waals surface area contributed by atoms with Crippen molar-refractivity contribution < 1.29 is 10.0 Å². The monoisotopic (exact) mass is 238 g/mol. The summed E-state index contributed by atoms with van der Waals surface area (Å²) in [5.74, 6) is 0. The third kappa shape index (κ3) is 2.81. The van der Waals surface area contributed by atoms with Gasteiger partial charge < -0.3 is 10.8 Å². The van der Waals surface area contributed by atoms with Gasteiger partial charge >= 0.3 is 0 Å². The lowest BCUT2D eigenvalue weighted by molar-refractivity contribution is -0.385. The molecule has 1 rings (SSSR count). The van der Waals surface area contributed by atoms with E-state index >= 15 is 0 Å². The average molecular weight is 238 g/mol. The predicted molar refractivity (Wildman–Crippen MR) is 65.6 cm³/mol. The van der Waals surface area contributed by atoms with Gasteiger partial charge in [0.25, 0.3) is 5.69 Å². The summed E-state index contributed by atoms with van der Waals surface area (Å²) >= 11 is 0. The Morgan fingerprint density at radius 3 is 2.59 bits per heavy atom. The number of aryl methyl sites for hydroxylation is 1. The van der Waals surface area contributed by atoms with Crippen LogP contribution in [-0.4, -0.2) is 16.6 Å². The minimum atomic E-state index is -0.511. The number of nitrogens with two attached hydrogens (primary N) is 1. The third-order valence-electron chi connectivity index (χ3n) is 3.04. The van der Waals surface area contributed by atoms with Crippen molar-refractivity contribution in [3.8, 4) is 0 Å². The van der Waals surface area contributed by atoms with Crippen LogP contribution in [0.1, 0.15) is 31.0 Å². The van der Waals surface area contributed by atoms with Crippen molar-refractivity contribution in [2.24, 2.45) is 11.1 Å². The number of nitrogens with zero attached hydrogens (tertiary/aromatic N) is 1. The molecule has 0 bridgehead atoms. The number of hydrogen-bond donors (Lipinski definition) is 2. The molecule has 0 aliphatic carbocycles. The summed E-state index contributed by atoms with van der Waals surface area (Å²) in [5, 5.41) is 20.1. The maximum Gasteiger partial charge on any atom is 0.272 e. The van der Waals surface area contributed by atoms with Gasteiger partial charge in [-0.1, -0.05) is 26.0 Å². The quantitative estimate of drug-likeness (QED) is 0.619. The van der Waals surface area contributed by atoms with E-state index in [1.54, 1.807) is 19.1 Å². The van der Waals surface area contributed by atoms with E-state index in [0.29, 0.717) is 11.1 Å². The maximum atomic E-state index is 10.8. The molecule has 1 atom stereocenters. The molecule has 0 aliphatic heterocycles. The number of benzene rings is 1. The summed E-state index contributed by atoms with van der Waals surface area (Å²) in [6, 6.07) is 4.49. The van der Waals surface area contributed by atoms with Crippen molar-refractivity contribution in [2.75, 3.05) is 6.61 Å². The lowest BCUT2D eigenvalue weighted by atomic mass is 9.81. The van der Waals surface area contributed by atoms with Crippen molar-refractivity contribution in [3.05, 3.63) is 39.4 Å². The van der Waals surface area contributed by atoms with Crippen LogP contribution in [0.15, 0.2) is 18.2 Å². The van der Waals surface area contributed by atoms with E-state index in [2.05, 4.69) is 0 Å². The molecule has 0 spiro atoms. The average Bonchev–Trinajstić information content (AvgIpc) is 2.28. The molecular formula is C12H18N2O3. The van der Waals surface area contributed by atoms with Crippen molar-refractivity contribution in [3.63, 3.8) is 0 Å². The number of hydrogen-bond acceptors (Lipinski definition) is 4. The van der Waals surface area contributed by atoms with E-state index < -0.39 is 16.4 Å². The summed E-state index contributed by atoms with van der Waals surface area (Å²) in [6.07, 6.45) is 0. The molecule has 1 aromatic rings. The van der Waals surface area contributed by atoms with Crippen LogP contribution < -0.4 is 5.73 Å². The van der Waals surface area contributed by atoms with Gasteiger partial charge in [0.1, 0.15) is 0 Å². The lowest BCUT2D eigenvalue weighted by Crippen LogP contribution is -2.32. The van der Waals surface area contributed by atoms with Gasteiger partial charge in [0, 0.05) is 29.7 Å². The summed E-state index contributed by atoms with van der Waals surface area (Å²) in [4.78, 5) is 10.4. The zero-order valence-electron chi connectivity index (χ0n) is 10.3. The van der Waals surface area contributed by atoms with Gasteiger partial charge in [-0.15, -0.1) is 0 Å². The molecule has 1 aromatic carbocycles. The first-order valence-corrected chi connectivity index (χ1v) is 5.41. The van der Waals surface area contributed by atoms with Crippen molar-refractivity contribution in [2.45, 2.75) is 26.8 Å². The first-order valence-electron chi connectivity index (χ1n) is 5.41. The van der Waals surface area contributed by atoms with Crippen LogP contribution in [-0.2, 0) is 0 Å². The molecule has 0 aromatic heterocycles. The summed E-state index contributed by atoms with van der Waals surface area (Å²) in [6.45, 7) is 5.26. The summed E-state index contributed by atoms with van der Waals surface area (Å²) in [5.41, 5.74) is 6.84. The number of aliphatic hydroxyl groups excluding tert-OH is 1. The van der Waals surface area contributed by atoms with Crippen LogP contribution in [0.3, 0.4) is 0 Å². The molecule has 0 amide bonds. The van der Waals surface area contributed by atoms with Crippen LogP contribution in [0, 0.1) is 22.5 Å². The Morgan fingerprint density at radius 2 is 2.12 bits per heavy atom. The number of aliphatic hydroxyl groups is 1. The molecule has 17 heavy (non-hydrogen) atoms. The van der Waals surface area contributed by atoms with Crippen LogP contribution in [0.5, 0.6) is 0 Å². The van der Waals surface area contributed by atoms with E-state index in [1.807, 2.05) is 13.8 Å². The molecule has 0 saturated heterocycles. The number of nitro groups is 1. The molecule has 0 saturated carbocycles. The molecule has 0 radical (unpaired) electrons. The molecule has 0 aliphatic rings. The normalized spacial score (nSPS) is 13.5. The Balaban J connectivity index is 3.16. The summed E-state index contributed by atoms with van der Waals surface area (Å²) < 4.78 is 0. The Bertz CT molecular complexity index is 430. The topological polar surface area (TPSA) is 89.4 Å². The number of nitro benzene ring substituents is 1. The highest BCUT2D eigenvalue weighted by molar-refractivity contribution is 5.43. The Kier molecular flexibility index (Phi) is 3.85. The fourth-order valence-corrected chi connectivity index (χ4v) is 1.57. The largest absolute Gasteiger partial charge is 0.396 e. The predicted octanol–water partition coefficient (Wildman–Crippen LogP) is 1.92. The van der Waals surface area contributed by atoms with Gasteiger partial charge in [-0.3, -0.25) is 10.1 Å². The van der Waals surface area contributed by atoms with E-state index in [-0.39, 0.29) is 12.3 Å². The Labute approximate surface area is 100 Å². The molecule has 3 N–H and O–H groups in total. The molecule has 0 fully saturated rings. The zero-order chi connectivity index (χ0) is 13.2. The second-order valence-electron chi connectivity index (χ2n) is 4.93. The first kappa shape index (κ1) is 13.6. The SMILES string of the molecule is Cc1ccc([C@@H](N)C(C)(C)CO)cc1[N+](=O)[O-]. The van der Waals surface area contributed by atoms with Gasteiger partial charge in [-0.2, -0.15) is 0 Å². The Morgan fingerprint density at radius 1 is 1.53 bits per heavy atom. The molecule has 0 heterocycles. The van der Waals surface area contributed by atoms with E-state index in [9.17, 15) is 15.2 Å². The second kappa shape index (κ2) is 4.81. The fourth-order valence-electron chi connectivity index (χ4n) is 1.57. The highest BCUT2D eigenvalue weighted by Gasteiger charge is 2.28. The second-order valence-corrected chi connectivity index (χ2v) is 4.93. The minimum Gasteiger partial charge on any atom is -0.396 e. The van der Waals surface area contributed by atoms with Gasteiger partial charge in [-0.25, -0.2) is 0 Å². The zero-order valence-corrected chi connectivity index (χ0v) is 10.3. The van der Waals surface area contributed by atoms with Gasteiger partial charge in [-0.05, 0) is 12.5 Å². The van der Waals surface area contributed by atoms with Crippen LogP contribution in [0.25, 0.3) is 0 Å².